The molecule has 2 heterocycles. The van der Waals surface area contributed by atoms with Gasteiger partial charge in [-0.3, -0.25) is 4.79 Å². The topological polar surface area (TPSA) is 80.9 Å². The first-order valence-electron chi connectivity index (χ1n) is 8.68. The summed E-state index contributed by atoms with van der Waals surface area (Å²) in [6.07, 6.45) is 1.96. The van der Waals surface area contributed by atoms with E-state index >= 15 is 0 Å². The van der Waals surface area contributed by atoms with Gasteiger partial charge < -0.3 is 11.1 Å². The van der Waals surface area contributed by atoms with E-state index < -0.39 is 0 Å². The zero-order chi connectivity index (χ0) is 18.5. The van der Waals surface area contributed by atoms with E-state index in [1.807, 2.05) is 41.8 Å². The zero-order valence-corrected chi connectivity index (χ0v) is 15.8. The van der Waals surface area contributed by atoms with Gasteiger partial charge in [0.25, 0.3) is 0 Å². The van der Waals surface area contributed by atoms with Crippen LogP contribution in [0.5, 0.6) is 0 Å². The van der Waals surface area contributed by atoms with Gasteiger partial charge in [-0.2, -0.15) is 0 Å². The molecule has 0 saturated heterocycles. The smallest absolute Gasteiger partial charge is 0.221 e. The van der Waals surface area contributed by atoms with Crippen LogP contribution in [-0.4, -0.2) is 15.9 Å². The fourth-order valence-corrected chi connectivity index (χ4v) is 3.52. The van der Waals surface area contributed by atoms with Crippen molar-refractivity contribution in [3.63, 3.8) is 0 Å². The van der Waals surface area contributed by atoms with E-state index in [9.17, 15) is 4.79 Å². The summed E-state index contributed by atoms with van der Waals surface area (Å²) in [5.41, 5.74) is 9.27. The molecule has 0 fully saturated rings. The van der Waals surface area contributed by atoms with Crippen molar-refractivity contribution in [2.75, 3.05) is 5.32 Å². The second kappa shape index (κ2) is 8.10. The summed E-state index contributed by atoms with van der Waals surface area (Å²) in [6, 6.07) is 11.7. The Bertz CT molecular complexity index is 889. The predicted octanol–water partition coefficient (Wildman–Crippen LogP) is 4.10. The number of hydrogen-bond donors (Lipinski definition) is 2. The number of rotatable bonds is 7. The monoisotopic (exact) mass is 366 g/mol. The molecule has 6 heteroatoms. The van der Waals surface area contributed by atoms with Crippen molar-refractivity contribution in [3.05, 3.63) is 58.6 Å². The van der Waals surface area contributed by atoms with Crippen molar-refractivity contribution in [3.8, 4) is 10.7 Å². The van der Waals surface area contributed by atoms with Crippen molar-refractivity contribution in [2.24, 2.45) is 5.73 Å². The van der Waals surface area contributed by atoms with Gasteiger partial charge in [0.2, 0.25) is 5.91 Å². The fraction of sp³-hybridized carbons (Fsp3) is 0.250. The minimum atomic E-state index is -0.331. The average molecular weight is 366 g/mol. The molecule has 0 spiro atoms. The normalized spacial score (nSPS) is 10.7. The summed E-state index contributed by atoms with van der Waals surface area (Å²) in [7, 11) is 0. The Hall–Kier alpha value is -2.73. The molecule has 0 radical (unpaired) electrons. The lowest BCUT2D eigenvalue weighted by Crippen LogP contribution is -2.13. The number of thiophene rings is 1. The first-order valence-corrected chi connectivity index (χ1v) is 9.56. The van der Waals surface area contributed by atoms with E-state index in [1.165, 1.54) is 0 Å². The van der Waals surface area contributed by atoms with Crippen LogP contribution < -0.4 is 11.1 Å². The van der Waals surface area contributed by atoms with Crippen LogP contribution in [0.3, 0.4) is 0 Å². The highest BCUT2D eigenvalue weighted by Crippen LogP contribution is 2.28. The van der Waals surface area contributed by atoms with E-state index in [2.05, 4.69) is 19.2 Å². The molecule has 1 aromatic carbocycles. The van der Waals surface area contributed by atoms with Crippen molar-refractivity contribution >= 4 is 28.7 Å². The van der Waals surface area contributed by atoms with Gasteiger partial charge in [-0.15, -0.1) is 11.3 Å². The van der Waals surface area contributed by atoms with E-state index in [0.29, 0.717) is 0 Å². The van der Waals surface area contributed by atoms with Gasteiger partial charge in [0.15, 0.2) is 5.82 Å². The second-order valence-corrected chi connectivity index (χ2v) is 6.92. The van der Waals surface area contributed by atoms with Crippen molar-refractivity contribution in [2.45, 2.75) is 33.1 Å². The minimum absolute atomic E-state index is 0.247. The van der Waals surface area contributed by atoms with E-state index in [-0.39, 0.29) is 12.3 Å². The Morgan fingerprint density at radius 1 is 1.12 bits per heavy atom. The number of aryl methyl sites for hydroxylation is 1. The Labute approximate surface area is 157 Å². The maximum Gasteiger partial charge on any atom is 0.221 e. The van der Waals surface area contributed by atoms with E-state index in [1.54, 1.807) is 11.3 Å². The summed E-state index contributed by atoms with van der Waals surface area (Å²) in [5, 5.41) is 5.45. The Morgan fingerprint density at radius 3 is 2.46 bits per heavy atom. The highest BCUT2D eigenvalue weighted by Gasteiger charge is 2.14. The highest BCUT2D eigenvalue weighted by atomic mass is 32.1. The summed E-state index contributed by atoms with van der Waals surface area (Å²) >= 11 is 1.63. The van der Waals surface area contributed by atoms with Gasteiger partial charge in [-0.1, -0.05) is 32.0 Å². The van der Waals surface area contributed by atoms with Crippen LogP contribution in [0, 0.1) is 0 Å². The molecule has 0 aliphatic rings. The van der Waals surface area contributed by atoms with Crippen LogP contribution in [0.25, 0.3) is 10.7 Å². The van der Waals surface area contributed by atoms with Crippen LogP contribution in [0.15, 0.2) is 41.8 Å². The van der Waals surface area contributed by atoms with Gasteiger partial charge >= 0.3 is 0 Å². The SMILES string of the molecule is CCc1nc(-c2cccs2)nc(Nc2ccc(CC(N)=O)cc2)c1CC. The standard InChI is InChI=1S/C20H22N4OS/c1-3-15-16(4-2)23-20(17-6-5-11-26-17)24-19(15)22-14-9-7-13(8-10-14)12-18(21)25/h5-11H,3-4,12H2,1-2H3,(H2,21,25)(H,22,23,24). The molecular formula is C20H22N4OS. The summed E-state index contributed by atoms with van der Waals surface area (Å²) in [6.45, 7) is 4.23. The third-order valence-electron chi connectivity index (χ3n) is 4.12. The molecule has 0 unspecified atom stereocenters. The van der Waals surface area contributed by atoms with Gasteiger partial charge in [-0.25, -0.2) is 9.97 Å². The van der Waals surface area contributed by atoms with Crippen LogP contribution in [0.4, 0.5) is 11.5 Å². The van der Waals surface area contributed by atoms with Gasteiger partial charge in [-0.05, 0) is 42.0 Å². The number of aromatic nitrogens is 2. The minimum Gasteiger partial charge on any atom is -0.369 e. The number of amides is 1. The van der Waals surface area contributed by atoms with Crippen molar-refractivity contribution in [1.29, 1.82) is 0 Å². The lowest BCUT2D eigenvalue weighted by atomic mass is 10.1. The molecule has 0 aliphatic heterocycles. The molecule has 3 rings (SSSR count). The lowest BCUT2D eigenvalue weighted by Gasteiger charge is -2.15. The molecule has 3 aromatic rings. The molecule has 134 valence electrons. The maximum atomic E-state index is 11.0. The Morgan fingerprint density at radius 2 is 1.88 bits per heavy atom. The molecule has 0 aliphatic carbocycles. The van der Waals surface area contributed by atoms with E-state index in [4.69, 9.17) is 15.7 Å². The van der Waals surface area contributed by atoms with Gasteiger partial charge in [0.1, 0.15) is 5.82 Å². The largest absolute Gasteiger partial charge is 0.369 e. The maximum absolute atomic E-state index is 11.0. The molecule has 1 amide bonds. The molecule has 0 bridgehead atoms. The Balaban J connectivity index is 1.95. The first-order chi connectivity index (χ1) is 12.6. The van der Waals surface area contributed by atoms with Crippen LogP contribution in [-0.2, 0) is 24.1 Å². The Kier molecular flexibility index (Phi) is 5.63. The quantitative estimate of drug-likeness (QED) is 0.659. The number of hydrogen-bond acceptors (Lipinski definition) is 5. The van der Waals surface area contributed by atoms with Crippen molar-refractivity contribution < 1.29 is 4.79 Å². The fourth-order valence-electron chi connectivity index (χ4n) is 2.86. The van der Waals surface area contributed by atoms with Gasteiger partial charge in [0, 0.05) is 16.9 Å². The third-order valence-corrected chi connectivity index (χ3v) is 4.98. The third kappa shape index (κ3) is 4.08. The summed E-state index contributed by atoms with van der Waals surface area (Å²) in [5.74, 6) is 1.26. The molecule has 0 saturated carbocycles. The van der Waals surface area contributed by atoms with Gasteiger partial charge in [0.05, 0.1) is 11.3 Å². The van der Waals surface area contributed by atoms with Crippen LogP contribution >= 0.6 is 11.3 Å². The lowest BCUT2D eigenvalue weighted by molar-refractivity contribution is -0.117. The highest BCUT2D eigenvalue weighted by molar-refractivity contribution is 7.13. The zero-order valence-electron chi connectivity index (χ0n) is 15.0. The molecular weight excluding hydrogens is 344 g/mol. The number of nitrogens with two attached hydrogens (primary N) is 1. The second-order valence-electron chi connectivity index (χ2n) is 5.97. The number of primary amides is 1. The van der Waals surface area contributed by atoms with Crippen LogP contribution in [0.2, 0.25) is 0 Å². The molecule has 3 N–H and O–H groups in total. The average Bonchev–Trinajstić information content (AvgIpc) is 3.17. The number of anilines is 2. The first kappa shape index (κ1) is 18.1. The number of carbonyl (C=O) groups is 1. The summed E-state index contributed by atoms with van der Waals surface area (Å²) < 4.78 is 0. The molecule has 2 aromatic heterocycles. The van der Waals surface area contributed by atoms with Crippen molar-refractivity contribution in [1.82, 2.24) is 9.97 Å². The van der Waals surface area contributed by atoms with E-state index in [0.717, 1.165) is 51.9 Å². The molecule has 26 heavy (non-hydrogen) atoms. The number of benzene rings is 1. The number of nitrogens with zero attached hydrogens (tertiary/aromatic N) is 2. The molecule has 0 atom stereocenters. The van der Waals surface area contributed by atoms with Crippen LogP contribution in [0.1, 0.15) is 30.7 Å². The number of nitrogens with one attached hydrogen (secondary N) is 1. The molecule has 5 nitrogen and oxygen atoms in total. The summed E-state index contributed by atoms with van der Waals surface area (Å²) in [4.78, 5) is 21.6. The predicted molar refractivity (Wildman–Crippen MR) is 107 cm³/mol. The number of carbonyl (C=O) groups excluding carboxylic acids is 1.